The molecule has 0 aliphatic heterocycles. The van der Waals surface area contributed by atoms with Gasteiger partial charge in [0.1, 0.15) is 0 Å². The van der Waals surface area contributed by atoms with E-state index in [1.54, 1.807) is 11.3 Å². The van der Waals surface area contributed by atoms with Crippen molar-refractivity contribution < 1.29 is 0 Å². The molecule has 0 saturated heterocycles. The minimum Gasteiger partial charge on any atom is -0.354 e. The smallest absolute Gasteiger partial charge is 0.183 e. The van der Waals surface area contributed by atoms with E-state index in [0.717, 1.165) is 16.6 Å². The first-order valence-corrected chi connectivity index (χ1v) is 7.26. The van der Waals surface area contributed by atoms with Crippen LogP contribution in [0.5, 0.6) is 0 Å². The first-order valence-electron chi connectivity index (χ1n) is 6.01. The number of anilines is 1. The second-order valence-corrected chi connectivity index (χ2v) is 6.75. The van der Waals surface area contributed by atoms with Gasteiger partial charge in [0.2, 0.25) is 0 Å². The predicted molar refractivity (Wildman–Crippen MR) is 77.4 cm³/mol. The van der Waals surface area contributed by atoms with Crippen molar-refractivity contribution in [2.45, 2.75) is 26.3 Å². The molecule has 1 unspecified atom stereocenters. The van der Waals surface area contributed by atoms with Crippen LogP contribution in [0, 0.1) is 5.41 Å². The Labute approximate surface area is 116 Å². The van der Waals surface area contributed by atoms with Crippen molar-refractivity contribution in [1.29, 1.82) is 0 Å². The Hall–Kier alpha value is -1.06. The van der Waals surface area contributed by atoms with Gasteiger partial charge in [-0.15, -0.1) is 11.3 Å². The zero-order valence-electron chi connectivity index (χ0n) is 10.4. The molecule has 1 atom stereocenters. The number of nitrogens with zero attached hydrogens (tertiary/aromatic N) is 1. The van der Waals surface area contributed by atoms with E-state index in [4.69, 9.17) is 11.6 Å². The Balaban J connectivity index is 1.99. The van der Waals surface area contributed by atoms with Gasteiger partial charge in [0.15, 0.2) is 5.13 Å². The second kappa shape index (κ2) is 4.25. The maximum Gasteiger partial charge on any atom is 0.183 e. The van der Waals surface area contributed by atoms with E-state index in [1.165, 1.54) is 11.1 Å². The highest BCUT2D eigenvalue weighted by molar-refractivity contribution is 7.13. The molecule has 1 N–H and O–H groups in total. The summed E-state index contributed by atoms with van der Waals surface area (Å²) in [4.78, 5) is 4.32. The summed E-state index contributed by atoms with van der Waals surface area (Å²) in [5, 5.41) is 7.31. The number of thiazole rings is 1. The van der Waals surface area contributed by atoms with Gasteiger partial charge < -0.3 is 5.32 Å². The third-order valence-corrected chi connectivity index (χ3v) is 4.49. The molecule has 0 saturated carbocycles. The average Bonchev–Trinajstić information content (AvgIpc) is 2.88. The maximum atomic E-state index is 6.12. The summed E-state index contributed by atoms with van der Waals surface area (Å²) in [7, 11) is 0. The molecule has 1 aliphatic carbocycles. The van der Waals surface area contributed by atoms with Crippen LogP contribution in [0.2, 0.25) is 5.02 Å². The first-order chi connectivity index (χ1) is 8.56. The molecule has 1 aromatic carbocycles. The molecule has 0 radical (unpaired) electrons. The Bertz CT molecular complexity index is 563. The zero-order chi connectivity index (χ0) is 12.8. The van der Waals surface area contributed by atoms with Crippen LogP contribution in [0.4, 0.5) is 5.13 Å². The van der Waals surface area contributed by atoms with E-state index in [9.17, 15) is 0 Å². The van der Waals surface area contributed by atoms with Crippen LogP contribution >= 0.6 is 22.9 Å². The number of aromatic nitrogens is 1. The van der Waals surface area contributed by atoms with Crippen molar-refractivity contribution >= 4 is 28.1 Å². The highest BCUT2D eigenvalue weighted by atomic mass is 35.5. The van der Waals surface area contributed by atoms with Crippen LogP contribution in [0.3, 0.4) is 0 Å². The molecule has 2 nitrogen and oxygen atoms in total. The minimum absolute atomic E-state index is 0.179. The van der Waals surface area contributed by atoms with Gasteiger partial charge in [-0.3, -0.25) is 0 Å². The molecule has 94 valence electrons. The summed E-state index contributed by atoms with van der Waals surface area (Å²) in [6.07, 6.45) is 2.90. The molecule has 2 aromatic rings. The summed E-state index contributed by atoms with van der Waals surface area (Å²) in [6, 6.07) is 6.47. The zero-order valence-corrected chi connectivity index (χ0v) is 12.0. The van der Waals surface area contributed by atoms with E-state index in [1.807, 2.05) is 17.6 Å². The summed E-state index contributed by atoms with van der Waals surface area (Å²) in [6.45, 7) is 4.57. The molecule has 1 aliphatic rings. The topological polar surface area (TPSA) is 24.9 Å². The number of nitrogens with one attached hydrogen (secondary N) is 1. The Morgan fingerprint density at radius 2 is 2.28 bits per heavy atom. The SMILES string of the molecule is CC1(C)Cc2ccc(Cl)cc2C1Nc1nccs1. The monoisotopic (exact) mass is 278 g/mol. The first kappa shape index (κ1) is 12.0. The van der Waals surface area contributed by atoms with Crippen molar-refractivity contribution in [2.24, 2.45) is 5.41 Å². The standard InChI is InChI=1S/C14H15ClN2S/c1-14(2)8-9-3-4-10(15)7-11(9)12(14)17-13-16-5-6-18-13/h3-7,12H,8H2,1-2H3,(H,16,17). The summed E-state index contributed by atoms with van der Waals surface area (Å²) in [5.74, 6) is 0. The molecule has 18 heavy (non-hydrogen) atoms. The van der Waals surface area contributed by atoms with Crippen LogP contribution in [0.25, 0.3) is 0 Å². The molecular weight excluding hydrogens is 264 g/mol. The van der Waals surface area contributed by atoms with E-state index in [2.05, 4.69) is 36.3 Å². The van der Waals surface area contributed by atoms with E-state index < -0.39 is 0 Å². The highest BCUT2D eigenvalue weighted by Gasteiger charge is 2.39. The molecule has 4 heteroatoms. The lowest BCUT2D eigenvalue weighted by Gasteiger charge is -2.28. The molecule has 0 spiro atoms. The Morgan fingerprint density at radius 3 is 3.00 bits per heavy atom. The summed E-state index contributed by atoms with van der Waals surface area (Å²) >= 11 is 7.76. The second-order valence-electron chi connectivity index (χ2n) is 5.42. The molecule has 1 heterocycles. The summed E-state index contributed by atoms with van der Waals surface area (Å²) < 4.78 is 0. The Morgan fingerprint density at radius 1 is 1.44 bits per heavy atom. The third kappa shape index (κ3) is 2.02. The maximum absolute atomic E-state index is 6.12. The number of benzene rings is 1. The lowest BCUT2D eigenvalue weighted by molar-refractivity contribution is 0.337. The largest absolute Gasteiger partial charge is 0.354 e. The number of halogens is 1. The van der Waals surface area contributed by atoms with Crippen LogP contribution < -0.4 is 5.32 Å². The number of rotatable bonds is 2. The van der Waals surface area contributed by atoms with E-state index >= 15 is 0 Å². The third-order valence-electron chi connectivity index (χ3n) is 3.55. The van der Waals surface area contributed by atoms with Gasteiger partial charge in [-0.1, -0.05) is 31.5 Å². The predicted octanol–water partition coefficient (Wildman–Crippen LogP) is 4.53. The van der Waals surface area contributed by atoms with Crippen molar-refractivity contribution in [3.63, 3.8) is 0 Å². The fourth-order valence-electron chi connectivity index (χ4n) is 2.70. The van der Waals surface area contributed by atoms with Gasteiger partial charge in [0.25, 0.3) is 0 Å². The molecule has 1 aromatic heterocycles. The van der Waals surface area contributed by atoms with Crippen LogP contribution in [-0.2, 0) is 6.42 Å². The molecule has 3 rings (SSSR count). The van der Waals surface area contributed by atoms with Crippen molar-refractivity contribution in [3.05, 3.63) is 45.9 Å². The highest BCUT2D eigenvalue weighted by Crippen LogP contribution is 2.47. The van der Waals surface area contributed by atoms with Gasteiger partial charge in [0.05, 0.1) is 6.04 Å². The minimum atomic E-state index is 0.179. The average molecular weight is 279 g/mol. The van der Waals surface area contributed by atoms with Gasteiger partial charge in [0, 0.05) is 16.6 Å². The fraction of sp³-hybridized carbons (Fsp3) is 0.357. The van der Waals surface area contributed by atoms with Crippen molar-refractivity contribution in [1.82, 2.24) is 4.98 Å². The number of hydrogen-bond donors (Lipinski definition) is 1. The number of fused-ring (bicyclic) bond motifs is 1. The lowest BCUT2D eigenvalue weighted by Crippen LogP contribution is -2.24. The van der Waals surface area contributed by atoms with Crippen molar-refractivity contribution in [2.75, 3.05) is 5.32 Å². The van der Waals surface area contributed by atoms with Crippen LogP contribution in [-0.4, -0.2) is 4.98 Å². The molecule has 0 amide bonds. The number of hydrogen-bond acceptors (Lipinski definition) is 3. The van der Waals surface area contributed by atoms with Gasteiger partial charge in [-0.2, -0.15) is 0 Å². The van der Waals surface area contributed by atoms with Gasteiger partial charge in [-0.05, 0) is 35.1 Å². The quantitative estimate of drug-likeness (QED) is 0.873. The van der Waals surface area contributed by atoms with E-state index in [-0.39, 0.29) is 11.5 Å². The van der Waals surface area contributed by atoms with Gasteiger partial charge in [-0.25, -0.2) is 4.98 Å². The van der Waals surface area contributed by atoms with Crippen LogP contribution in [0.1, 0.15) is 31.0 Å². The van der Waals surface area contributed by atoms with Gasteiger partial charge >= 0.3 is 0 Å². The van der Waals surface area contributed by atoms with E-state index in [0.29, 0.717) is 0 Å². The van der Waals surface area contributed by atoms with Crippen LogP contribution in [0.15, 0.2) is 29.8 Å². The summed E-state index contributed by atoms with van der Waals surface area (Å²) in [5.41, 5.74) is 2.87. The Kier molecular flexibility index (Phi) is 2.83. The van der Waals surface area contributed by atoms with Crippen molar-refractivity contribution in [3.8, 4) is 0 Å². The molecule has 0 fully saturated rings. The molecule has 0 bridgehead atoms. The molecular formula is C14H15ClN2S. The fourth-order valence-corrected chi connectivity index (χ4v) is 3.44. The lowest BCUT2D eigenvalue weighted by atomic mass is 9.85. The normalized spacial score (nSPS) is 20.7.